The van der Waals surface area contributed by atoms with Crippen LogP contribution in [0.3, 0.4) is 0 Å². The molecular weight excluding hydrogens is 328 g/mol. The van der Waals surface area contributed by atoms with E-state index in [0.717, 1.165) is 0 Å². The van der Waals surface area contributed by atoms with Crippen LogP contribution in [0.1, 0.15) is 13.8 Å². The molecule has 0 aliphatic rings. The second-order valence-electron chi connectivity index (χ2n) is 3.44. The zero-order valence-electron chi connectivity index (χ0n) is 9.70. The topological polar surface area (TPSA) is 27.7 Å². The molecular formula is C10H20Br2O3. The molecule has 0 aromatic rings. The highest BCUT2D eigenvalue weighted by atomic mass is 79.9. The van der Waals surface area contributed by atoms with E-state index in [9.17, 15) is 0 Å². The Morgan fingerprint density at radius 3 is 1.40 bits per heavy atom. The maximum absolute atomic E-state index is 5.55. The van der Waals surface area contributed by atoms with Crippen molar-refractivity contribution in [1.29, 1.82) is 0 Å². The van der Waals surface area contributed by atoms with Crippen LogP contribution >= 0.6 is 31.9 Å². The highest BCUT2D eigenvalue weighted by molar-refractivity contribution is 9.09. The molecule has 0 fully saturated rings. The Bertz CT molecular complexity index is 138. The highest BCUT2D eigenvalue weighted by Gasteiger charge is 2.17. The molecule has 5 heteroatoms. The molecule has 4 atom stereocenters. The van der Waals surface area contributed by atoms with Gasteiger partial charge in [-0.3, -0.25) is 0 Å². The summed E-state index contributed by atoms with van der Waals surface area (Å²) in [5, 5.41) is 0. The molecule has 0 heterocycles. The first-order valence-corrected chi connectivity index (χ1v) is 6.77. The number of halogens is 2. The molecule has 0 aromatic heterocycles. The van der Waals surface area contributed by atoms with Crippen molar-refractivity contribution < 1.29 is 14.2 Å². The van der Waals surface area contributed by atoms with E-state index < -0.39 is 0 Å². The first-order valence-electron chi connectivity index (χ1n) is 4.94. The first kappa shape index (κ1) is 15.8. The predicted octanol–water partition coefficient (Wildman–Crippen LogP) is 2.60. The van der Waals surface area contributed by atoms with Crippen LogP contribution in [0, 0.1) is 0 Å². The molecule has 0 amide bonds. The molecule has 92 valence electrons. The third kappa shape index (κ3) is 6.89. The molecule has 0 saturated carbocycles. The van der Waals surface area contributed by atoms with E-state index in [2.05, 4.69) is 31.9 Å². The molecule has 0 radical (unpaired) electrons. The van der Waals surface area contributed by atoms with Gasteiger partial charge in [0.1, 0.15) is 0 Å². The van der Waals surface area contributed by atoms with Gasteiger partial charge < -0.3 is 14.2 Å². The summed E-state index contributed by atoms with van der Waals surface area (Å²) in [4.78, 5) is 0.565. The van der Waals surface area contributed by atoms with Crippen LogP contribution in [0.4, 0.5) is 0 Å². The average molecular weight is 348 g/mol. The Labute approximate surface area is 109 Å². The maximum atomic E-state index is 5.55. The number of hydrogen-bond donors (Lipinski definition) is 0. The van der Waals surface area contributed by atoms with Crippen molar-refractivity contribution >= 4 is 31.9 Å². The molecule has 0 bridgehead atoms. The van der Waals surface area contributed by atoms with Gasteiger partial charge in [0.25, 0.3) is 0 Å². The van der Waals surface area contributed by atoms with Crippen molar-refractivity contribution in [3.05, 3.63) is 0 Å². The summed E-state index contributed by atoms with van der Waals surface area (Å²) >= 11 is 6.94. The summed E-state index contributed by atoms with van der Waals surface area (Å²) in [6.07, 6.45) is 0.154. The van der Waals surface area contributed by atoms with E-state index in [1.54, 1.807) is 14.2 Å². The third-order valence-electron chi connectivity index (χ3n) is 2.19. The number of alkyl halides is 2. The van der Waals surface area contributed by atoms with E-state index in [0.29, 0.717) is 13.2 Å². The van der Waals surface area contributed by atoms with Gasteiger partial charge in [-0.25, -0.2) is 0 Å². The molecule has 0 spiro atoms. The van der Waals surface area contributed by atoms with Crippen molar-refractivity contribution in [2.75, 3.05) is 27.4 Å². The van der Waals surface area contributed by atoms with Gasteiger partial charge in [0.15, 0.2) is 0 Å². The largest absolute Gasteiger partial charge is 0.378 e. The van der Waals surface area contributed by atoms with E-state index in [1.807, 2.05) is 13.8 Å². The second-order valence-corrected chi connectivity index (χ2v) is 6.33. The van der Waals surface area contributed by atoms with Gasteiger partial charge in [0, 0.05) is 23.9 Å². The quantitative estimate of drug-likeness (QED) is 0.632. The van der Waals surface area contributed by atoms with Gasteiger partial charge in [-0.1, -0.05) is 45.7 Å². The fourth-order valence-electron chi connectivity index (χ4n) is 1.08. The van der Waals surface area contributed by atoms with E-state index in [-0.39, 0.29) is 21.9 Å². The Balaban J connectivity index is 3.75. The zero-order valence-corrected chi connectivity index (χ0v) is 12.9. The molecule has 0 aromatic carbocycles. The minimum atomic E-state index is 0.0770. The monoisotopic (exact) mass is 346 g/mol. The van der Waals surface area contributed by atoms with Crippen LogP contribution in [0.25, 0.3) is 0 Å². The van der Waals surface area contributed by atoms with Crippen LogP contribution in [-0.2, 0) is 14.2 Å². The predicted molar refractivity (Wildman–Crippen MR) is 69.2 cm³/mol. The van der Waals surface area contributed by atoms with Gasteiger partial charge in [-0.05, 0) is 0 Å². The normalized spacial score (nSPS) is 19.6. The smallest absolute Gasteiger partial charge is 0.0926 e. The van der Waals surface area contributed by atoms with Crippen LogP contribution in [0.15, 0.2) is 0 Å². The minimum absolute atomic E-state index is 0.0770. The third-order valence-corrected chi connectivity index (χ3v) is 3.37. The number of hydrogen-bond acceptors (Lipinski definition) is 3. The summed E-state index contributed by atoms with van der Waals surface area (Å²) < 4.78 is 16.1. The van der Waals surface area contributed by atoms with E-state index in [1.165, 1.54) is 0 Å². The SMILES string of the molecule is COC(COCC(OC)C(C)Br)C(C)Br. The summed E-state index contributed by atoms with van der Waals surface area (Å²) in [5.74, 6) is 0. The Hall–Kier alpha value is 0.840. The molecule has 0 N–H and O–H groups in total. The standard InChI is InChI=1S/C10H20Br2O3/c1-7(11)9(13-3)5-15-6-10(14-4)8(2)12/h7-10H,5-6H2,1-4H3. The van der Waals surface area contributed by atoms with Crippen molar-refractivity contribution in [3.63, 3.8) is 0 Å². The molecule has 0 aliphatic carbocycles. The Morgan fingerprint density at radius 1 is 0.867 bits per heavy atom. The van der Waals surface area contributed by atoms with Crippen LogP contribution in [0.5, 0.6) is 0 Å². The number of ether oxygens (including phenoxy) is 3. The maximum Gasteiger partial charge on any atom is 0.0926 e. The fraction of sp³-hybridized carbons (Fsp3) is 1.00. The molecule has 0 aliphatic heterocycles. The van der Waals surface area contributed by atoms with E-state index in [4.69, 9.17) is 14.2 Å². The van der Waals surface area contributed by atoms with Gasteiger partial charge >= 0.3 is 0 Å². The Kier molecular flexibility index (Phi) is 9.43. The highest BCUT2D eigenvalue weighted by Crippen LogP contribution is 2.11. The number of methoxy groups -OCH3 is 2. The van der Waals surface area contributed by atoms with Crippen LogP contribution < -0.4 is 0 Å². The van der Waals surface area contributed by atoms with Crippen LogP contribution in [-0.4, -0.2) is 49.3 Å². The zero-order chi connectivity index (χ0) is 11.8. The van der Waals surface area contributed by atoms with Gasteiger partial charge in [-0.2, -0.15) is 0 Å². The molecule has 0 rings (SSSR count). The lowest BCUT2D eigenvalue weighted by molar-refractivity contribution is -0.0320. The molecule has 3 nitrogen and oxygen atoms in total. The molecule has 15 heavy (non-hydrogen) atoms. The molecule has 4 unspecified atom stereocenters. The van der Waals surface area contributed by atoms with Gasteiger partial charge in [-0.15, -0.1) is 0 Å². The van der Waals surface area contributed by atoms with Gasteiger partial charge in [0.2, 0.25) is 0 Å². The van der Waals surface area contributed by atoms with Crippen molar-refractivity contribution in [1.82, 2.24) is 0 Å². The van der Waals surface area contributed by atoms with Gasteiger partial charge in [0.05, 0.1) is 25.4 Å². The van der Waals surface area contributed by atoms with Crippen molar-refractivity contribution in [2.24, 2.45) is 0 Å². The fourth-order valence-corrected chi connectivity index (χ4v) is 1.81. The minimum Gasteiger partial charge on any atom is -0.378 e. The van der Waals surface area contributed by atoms with Crippen molar-refractivity contribution in [2.45, 2.75) is 35.7 Å². The second kappa shape index (κ2) is 8.93. The lowest BCUT2D eigenvalue weighted by Crippen LogP contribution is -2.31. The average Bonchev–Trinajstić information content (AvgIpc) is 2.17. The molecule has 0 saturated heterocycles. The lowest BCUT2D eigenvalue weighted by atomic mass is 10.3. The summed E-state index contributed by atoms with van der Waals surface area (Å²) in [7, 11) is 3.37. The number of rotatable bonds is 8. The summed E-state index contributed by atoms with van der Waals surface area (Å²) in [6, 6.07) is 0. The summed E-state index contributed by atoms with van der Waals surface area (Å²) in [5.41, 5.74) is 0. The first-order chi connectivity index (χ1) is 7.02. The summed E-state index contributed by atoms with van der Waals surface area (Å²) in [6.45, 7) is 5.22. The van der Waals surface area contributed by atoms with Crippen molar-refractivity contribution in [3.8, 4) is 0 Å². The lowest BCUT2D eigenvalue weighted by Gasteiger charge is -2.21. The van der Waals surface area contributed by atoms with E-state index >= 15 is 0 Å². The Morgan fingerprint density at radius 2 is 1.20 bits per heavy atom. The van der Waals surface area contributed by atoms with Crippen LogP contribution in [0.2, 0.25) is 0 Å².